The van der Waals surface area contributed by atoms with Crippen LogP contribution >= 0.6 is 11.3 Å². The maximum absolute atomic E-state index is 12.0. The van der Waals surface area contributed by atoms with Crippen molar-refractivity contribution in [1.29, 1.82) is 0 Å². The SMILES string of the molecule is Cc1cc(NN)ccc1C(=O)NCc1cscn1. The Hall–Kier alpha value is -1.92. The summed E-state index contributed by atoms with van der Waals surface area (Å²) in [7, 11) is 0. The molecule has 4 N–H and O–H groups in total. The van der Waals surface area contributed by atoms with Gasteiger partial charge in [0.25, 0.3) is 5.91 Å². The van der Waals surface area contributed by atoms with Gasteiger partial charge in [-0.25, -0.2) is 4.98 Å². The quantitative estimate of drug-likeness (QED) is 0.578. The summed E-state index contributed by atoms with van der Waals surface area (Å²) in [4.78, 5) is 16.1. The second kappa shape index (κ2) is 5.61. The number of hydrogen-bond acceptors (Lipinski definition) is 5. The molecule has 2 aromatic rings. The summed E-state index contributed by atoms with van der Waals surface area (Å²) in [5.74, 6) is 5.20. The van der Waals surface area contributed by atoms with E-state index in [1.807, 2.05) is 18.4 Å². The number of aromatic nitrogens is 1. The third-order valence-electron chi connectivity index (χ3n) is 2.55. The smallest absolute Gasteiger partial charge is 0.251 e. The summed E-state index contributed by atoms with van der Waals surface area (Å²) < 4.78 is 0. The van der Waals surface area contributed by atoms with E-state index < -0.39 is 0 Å². The van der Waals surface area contributed by atoms with Crippen LogP contribution in [0.3, 0.4) is 0 Å². The zero-order valence-corrected chi connectivity index (χ0v) is 10.8. The van der Waals surface area contributed by atoms with Crippen molar-refractivity contribution in [3.05, 3.63) is 45.9 Å². The minimum atomic E-state index is -0.107. The first-order valence-electron chi connectivity index (χ1n) is 5.43. The van der Waals surface area contributed by atoms with Gasteiger partial charge in [0.05, 0.1) is 17.7 Å². The highest BCUT2D eigenvalue weighted by Crippen LogP contribution is 2.14. The summed E-state index contributed by atoms with van der Waals surface area (Å²) in [5.41, 5.74) is 7.46. The number of hydrogen-bond donors (Lipinski definition) is 3. The molecule has 0 aliphatic carbocycles. The molecule has 0 aliphatic rings. The lowest BCUT2D eigenvalue weighted by Gasteiger charge is -2.08. The van der Waals surface area contributed by atoms with Crippen molar-refractivity contribution in [1.82, 2.24) is 10.3 Å². The summed E-state index contributed by atoms with van der Waals surface area (Å²) in [6.07, 6.45) is 0. The Kier molecular flexibility index (Phi) is 3.91. The number of anilines is 1. The average Bonchev–Trinajstić information content (AvgIpc) is 2.88. The van der Waals surface area contributed by atoms with E-state index in [-0.39, 0.29) is 5.91 Å². The predicted molar refractivity (Wildman–Crippen MR) is 72.3 cm³/mol. The number of nitrogen functional groups attached to an aromatic ring is 1. The van der Waals surface area contributed by atoms with Gasteiger partial charge in [-0.05, 0) is 30.7 Å². The normalized spacial score (nSPS) is 10.1. The number of carbonyl (C=O) groups is 1. The first-order valence-corrected chi connectivity index (χ1v) is 6.37. The highest BCUT2D eigenvalue weighted by molar-refractivity contribution is 7.07. The predicted octanol–water partition coefficient (Wildman–Crippen LogP) is 1.67. The van der Waals surface area contributed by atoms with E-state index >= 15 is 0 Å². The molecule has 0 atom stereocenters. The van der Waals surface area contributed by atoms with Gasteiger partial charge >= 0.3 is 0 Å². The second-order valence-corrected chi connectivity index (χ2v) is 4.56. The Morgan fingerprint density at radius 1 is 1.50 bits per heavy atom. The van der Waals surface area contributed by atoms with Gasteiger partial charge in [-0.2, -0.15) is 0 Å². The maximum Gasteiger partial charge on any atom is 0.251 e. The highest BCUT2D eigenvalue weighted by Gasteiger charge is 2.09. The zero-order valence-electron chi connectivity index (χ0n) is 9.93. The molecule has 0 saturated heterocycles. The highest BCUT2D eigenvalue weighted by atomic mass is 32.1. The van der Waals surface area contributed by atoms with Gasteiger partial charge in [-0.1, -0.05) is 0 Å². The number of aryl methyl sites for hydroxylation is 1. The fourth-order valence-corrected chi connectivity index (χ4v) is 2.16. The number of hydrazine groups is 1. The Morgan fingerprint density at radius 2 is 2.33 bits per heavy atom. The van der Waals surface area contributed by atoms with Crippen LogP contribution in [0.1, 0.15) is 21.6 Å². The lowest BCUT2D eigenvalue weighted by molar-refractivity contribution is 0.0950. The maximum atomic E-state index is 12.0. The molecule has 0 unspecified atom stereocenters. The van der Waals surface area contributed by atoms with Gasteiger partial charge in [0.1, 0.15) is 0 Å². The third-order valence-corrected chi connectivity index (χ3v) is 3.19. The Labute approximate surface area is 109 Å². The zero-order chi connectivity index (χ0) is 13.0. The standard InChI is InChI=1S/C12H14N4OS/c1-8-4-9(16-13)2-3-11(8)12(17)14-5-10-6-18-7-15-10/h2-4,6-7,16H,5,13H2,1H3,(H,14,17). The molecular weight excluding hydrogens is 248 g/mol. The summed E-state index contributed by atoms with van der Waals surface area (Å²) in [6.45, 7) is 2.32. The lowest BCUT2D eigenvalue weighted by Crippen LogP contribution is -2.23. The van der Waals surface area contributed by atoms with E-state index in [4.69, 9.17) is 5.84 Å². The minimum absolute atomic E-state index is 0.107. The summed E-state index contributed by atoms with van der Waals surface area (Å²) >= 11 is 1.51. The number of amides is 1. The van der Waals surface area contributed by atoms with Crippen molar-refractivity contribution < 1.29 is 4.79 Å². The molecule has 0 fully saturated rings. The number of nitrogens with two attached hydrogens (primary N) is 1. The van der Waals surface area contributed by atoms with Crippen LogP contribution in [0.2, 0.25) is 0 Å². The number of nitrogens with one attached hydrogen (secondary N) is 2. The molecule has 1 amide bonds. The topological polar surface area (TPSA) is 80.0 Å². The fourth-order valence-electron chi connectivity index (χ4n) is 1.60. The molecule has 0 saturated carbocycles. The van der Waals surface area contributed by atoms with Crippen molar-refractivity contribution in [3.8, 4) is 0 Å². The number of thiazole rings is 1. The first kappa shape index (κ1) is 12.5. The van der Waals surface area contributed by atoms with Gasteiger partial charge < -0.3 is 10.7 Å². The van der Waals surface area contributed by atoms with Crippen molar-refractivity contribution in [2.24, 2.45) is 5.84 Å². The molecule has 0 aliphatic heterocycles. The Morgan fingerprint density at radius 3 is 2.94 bits per heavy atom. The first-order chi connectivity index (χ1) is 8.70. The minimum Gasteiger partial charge on any atom is -0.346 e. The van der Waals surface area contributed by atoms with Crippen LogP contribution in [0.4, 0.5) is 5.69 Å². The molecule has 1 aromatic heterocycles. The third kappa shape index (κ3) is 2.85. The molecule has 5 nitrogen and oxygen atoms in total. The Bertz CT molecular complexity index is 539. The molecule has 18 heavy (non-hydrogen) atoms. The monoisotopic (exact) mass is 262 g/mol. The van der Waals surface area contributed by atoms with E-state index in [1.165, 1.54) is 11.3 Å². The van der Waals surface area contributed by atoms with Crippen LogP contribution in [0.5, 0.6) is 0 Å². The molecule has 1 aromatic carbocycles. The van der Waals surface area contributed by atoms with Crippen LogP contribution in [0.25, 0.3) is 0 Å². The lowest BCUT2D eigenvalue weighted by atomic mass is 10.1. The van der Waals surface area contributed by atoms with Crippen LogP contribution in [-0.4, -0.2) is 10.9 Å². The van der Waals surface area contributed by atoms with Crippen LogP contribution in [-0.2, 0) is 6.54 Å². The van der Waals surface area contributed by atoms with Gasteiger partial charge in [0, 0.05) is 16.6 Å². The van der Waals surface area contributed by atoms with Gasteiger partial charge in [-0.3, -0.25) is 10.6 Å². The van der Waals surface area contributed by atoms with Gasteiger partial charge in [0.15, 0.2) is 0 Å². The van der Waals surface area contributed by atoms with Gasteiger partial charge in [0.2, 0.25) is 0 Å². The molecular formula is C12H14N4OS. The number of carbonyl (C=O) groups excluding carboxylic acids is 1. The number of benzene rings is 1. The van der Waals surface area contributed by atoms with Crippen molar-refractivity contribution >= 4 is 22.9 Å². The summed E-state index contributed by atoms with van der Waals surface area (Å²) in [5, 5.41) is 4.74. The van der Waals surface area contributed by atoms with Crippen molar-refractivity contribution in [2.45, 2.75) is 13.5 Å². The van der Waals surface area contributed by atoms with E-state index in [0.717, 1.165) is 16.9 Å². The largest absolute Gasteiger partial charge is 0.346 e. The molecule has 1 heterocycles. The number of nitrogens with zero attached hydrogens (tertiary/aromatic N) is 1. The van der Waals surface area contributed by atoms with E-state index in [0.29, 0.717) is 12.1 Å². The molecule has 6 heteroatoms. The van der Waals surface area contributed by atoms with Crippen LogP contribution in [0.15, 0.2) is 29.1 Å². The van der Waals surface area contributed by atoms with Crippen LogP contribution in [0, 0.1) is 6.92 Å². The molecule has 0 radical (unpaired) electrons. The molecule has 0 bridgehead atoms. The fraction of sp³-hybridized carbons (Fsp3) is 0.167. The summed E-state index contributed by atoms with van der Waals surface area (Å²) in [6, 6.07) is 5.35. The number of rotatable bonds is 4. The van der Waals surface area contributed by atoms with Crippen LogP contribution < -0.4 is 16.6 Å². The molecule has 0 spiro atoms. The molecule has 94 valence electrons. The van der Waals surface area contributed by atoms with E-state index in [1.54, 1.807) is 17.6 Å². The van der Waals surface area contributed by atoms with E-state index in [2.05, 4.69) is 15.7 Å². The van der Waals surface area contributed by atoms with Gasteiger partial charge in [-0.15, -0.1) is 11.3 Å². The molecule has 2 rings (SSSR count). The average molecular weight is 262 g/mol. The second-order valence-electron chi connectivity index (χ2n) is 3.84. The Balaban J connectivity index is 2.04. The van der Waals surface area contributed by atoms with Crippen molar-refractivity contribution in [3.63, 3.8) is 0 Å². The van der Waals surface area contributed by atoms with E-state index in [9.17, 15) is 4.79 Å². The van der Waals surface area contributed by atoms with Crippen molar-refractivity contribution in [2.75, 3.05) is 5.43 Å².